The van der Waals surface area contributed by atoms with Gasteiger partial charge in [0, 0.05) is 31.2 Å². The van der Waals surface area contributed by atoms with Crippen LogP contribution in [0, 0.1) is 12.8 Å². The number of nitrogens with one attached hydrogen (secondary N) is 2. The van der Waals surface area contributed by atoms with Gasteiger partial charge in [0.25, 0.3) is 5.91 Å². The minimum Gasteiger partial charge on any atom is -0.338 e. The molecular formula is C20H27N5O2S. The maximum Gasteiger partial charge on any atom is 0.317 e. The molecule has 0 radical (unpaired) electrons. The Balaban J connectivity index is 1.62. The third-order valence-corrected chi connectivity index (χ3v) is 5.83. The van der Waals surface area contributed by atoms with E-state index in [-0.39, 0.29) is 17.9 Å². The van der Waals surface area contributed by atoms with Gasteiger partial charge in [0.1, 0.15) is 5.01 Å². The molecule has 8 heteroatoms. The van der Waals surface area contributed by atoms with E-state index in [0.29, 0.717) is 24.0 Å². The van der Waals surface area contributed by atoms with Gasteiger partial charge in [0.05, 0.1) is 0 Å². The second-order valence-corrected chi connectivity index (χ2v) is 8.59. The monoisotopic (exact) mass is 401 g/mol. The molecule has 0 unspecified atom stereocenters. The summed E-state index contributed by atoms with van der Waals surface area (Å²) in [5.41, 5.74) is 1.77. The van der Waals surface area contributed by atoms with Crippen molar-refractivity contribution in [2.45, 2.75) is 39.5 Å². The van der Waals surface area contributed by atoms with Crippen LogP contribution in [0.3, 0.4) is 0 Å². The molecule has 2 N–H and O–H groups in total. The minimum absolute atomic E-state index is 0.0274. The summed E-state index contributed by atoms with van der Waals surface area (Å²) in [7, 11) is 0. The summed E-state index contributed by atoms with van der Waals surface area (Å²) < 4.78 is 0. The lowest BCUT2D eigenvalue weighted by atomic mass is 9.99. The number of carbonyl (C=O) groups is 2. The number of hydrogen-bond donors (Lipinski definition) is 2. The number of nitrogens with zero attached hydrogens (tertiary/aromatic N) is 3. The molecule has 2 aromatic rings. The second-order valence-electron chi connectivity index (χ2n) is 7.58. The highest BCUT2D eigenvalue weighted by atomic mass is 32.1. The van der Waals surface area contributed by atoms with E-state index < -0.39 is 0 Å². The molecule has 1 aromatic heterocycles. The molecule has 1 aliphatic rings. The van der Waals surface area contributed by atoms with Gasteiger partial charge in [-0.25, -0.2) is 4.79 Å². The van der Waals surface area contributed by atoms with Gasteiger partial charge in [-0.2, -0.15) is 0 Å². The van der Waals surface area contributed by atoms with Gasteiger partial charge in [-0.3, -0.25) is 4.79 Å². The number of amides is 3. The third kappa shape index (κ3) is 5.07. The molecule has 0 saturated carbocycles. The lowest BCUT2D eigenvalue weighted by Crippen LogP contribution is -2.45. The van der Waals surface area contributed by atoms with E-state index >= 15 is 0 Å². The highest BCUT2D eigenvalue weighted by Crippen LogP contribution is 2.29. The number of likely N-dealkylation sites (tertiary alicyclic amines) is 1. The number of para-hydroxylation sites is 1. The quantitative estimate of drug-likeness (QED) is 0.801. The van der Waals surface area contributed by atoms with Crippen molar-refractivity contribution in [3.05, 3.63) is 39.8 Å². The molecule has 1 saturated heterocycles. The molecular weight excluding hydrogens is 374 g/mol. The van der Waals surface area contributed by atoms with E-state index in [9.17, 15) is 9.59 Å². The molecule has 150 valence electrons. The topological polar surface area (TPSA) is 87.2 Å². The molecule has 0 aliphatic carbocycles. The van der Waals surface area contributed by atoms with Crippen molar-refractivity contribution in [3.8, 4) is 0 Å². The summed E-state index contributed by atoms with van der Waals surface area (Å²) in [6, 6.07) is 7.60. The summed E-state index contributed by atoms with van der Waals surface area (Å²) in [5, 5.41) is 15.4. The van der Waals surface area contributed by atoms with Gasteiger partial charge in [-0.15, -0.1) is 10.2 Å². The van der Waals surface area contributed by atoms with E-state index in [1.165, 1.54) is 11.3 Å². The summed E-state index contributed by atoms with van der Waals surface area (Å²) in [6.07, 6.45) is 1.87. The van der Waals surface area contributed by atoms with Crippen molar-refractivity contribution < 1.29 is 9.59 Å². The number of carbonyl (C=O) groups excluding carboxylic acids is 2. The average molecular weight is 402 g/mol. The molecule has 28 heavy (non-hydrogen) atoms. The van der Waals surface area contributed by atoms with E-state index in [1.807, 2.05) is 36.1 Å². The summed E-state index contributed by atoms with van der Waals surface area (Å²) in [4.78, 5) is 26.7. The van der Waals surface area contributed by atoms with Crippen molar-refractivity contribution in [2.75, 3.05) is 25.0 Å². The SMILES string of the molecule is Cc1ccccc1NC(=O)c1nnc([C@@H]2CCCN(C(=O)NCC(C)C)C2)s1. The van der Waals surface area contributed by atoms with Gasteiger partial charge in [0.2, 0.25) is 5.01 Å². The lowest BCUT2D eigenvalue weighted by Gasteiger charge is -2.31. The highest BCUT2D eigenvalue weighted by molar-refractivity contribution is 7.13. The first-order chi connectivity index (χ1) is 13.4. The van der Waals surface area contributed by atoms with E-state index in [1.54, 1.807) is 0 Å². The predicted octanol–water partition coefficient (Wildman–Crippen LogP) is 3.64. The van der Waals surface area contributed by atoms with Crippen LogP contribution in [0.2, 0.25) is 0 Å². The van der Waals surface area contributed by atoms with Crippen LogP contribution in [0.15, 0.2) is 24.3 Å². The molecule has 1 aliphatic heterocycles. The normalized spacial score (nSPS) is 16.9. The first-order valence-electron chi connectivity index (χ1n) is 9.67. The standard InChI is InChI=1S/C20H27N5O2S/c1-13(2)11-21-20(27)25-10-6-8-15(12-25)18-23-24-19(28-18)17(26)22-16-9-5-4-7-14(16)3/h4-5,7,9,13,15H,6,8,10-12H2,1-3H3,(H,21,27)(H,22,26)/t15-/m1/s1. The molecule has 1 atom stereocenters. The molecule has 2 heterocycles. The Morgan fingerprint density at radius 2 is 2.07 bits per heavy atom. The number of hydrogen-bond acceptors (Lipinski definition) is 5. The largest absolute Gasteiger partial charge is 0.338 e. The Morgan fingerprint density at radius 1 is 1.29 bits per heavy atom. The third-order valence-electron chi connectivity index (χ3n) is 4.75. The number of benzene rings is 1. The van der Waals surface area contributed by atoms with Crippen molar-refractivity contribution in [2.24, 2.45) is 5.92 Å². The van der Waals surface area contributed by atoms with Crippen molar-refractivity contribution in [1.82, 2.24) is 20.4 Å². The Morgan fingerprint density at radius 3 is 2.82 bits per heavy atom. The fraction of sp³-hybridized carbons (Fsp3) is 0.500. The summed E-state index contributed by atoms with van der Waals surface area (Å²) in [6.45, 7) is 8.12. The first kappa shape index (κ1) is 20.3. The van der Waals surface area contributed by atoms with Crippen LogP contribution in [0.5, 0.6) is 0 Å². The van der Waals surface area contributed by atoms with Crippen molar-refractivity contribution in [3.63, 3.8) is 0 Å². The second kappa shape index (κ2) is 9.14. The Kier molecular flexibility index (Phi) is 6.61. The molecule has 7 nitrogen and oxygen atoms in total. The molecule has 1 aromatic carbocycles. The van der Waals surface area contributed by atoms with E-state index in [0.717, 1.165) is 35.6 Å². The maximum atomic E-state index is 12.5. The van der Waals surface area contributed by atoms with Crippen LogP contribution in [-0.4, -0.2) is 46.7 Å². The molecule has 1 fully saturated rings. The van der Waals surface area contributed by atoms with Gasteiger partial charge < -0.3 is 15.5 Å². The first-order valence-corrected chi connectivity index (χ1v) is 10.5. The van der Waals surface area contributed by atoms with Gasteiger partial charge in [-0.05, 0) is 37.3 Å². The fourth-order valence-corrected chi connectivity index (χ4v) is 4.01. The number of rotatable bonds is 5. The molecule has 3 amide bonds. The Hall–Kier alpha value is -2.48. The predicted molar refractivity (Wildman–Crippen MR) is 111 cm³/mol. The van der Waals surface area contributed by atoms with Crippen LogP contribution in [0.1, 0.15) is 53.0 Å². The number of piperidine rings is 1. The molecule has 3 rings (SSSR count). The van der Waals surface area contributed by atoms with Crippen LogP contribution >= 0.6 is 11.3 Å². The minimum atomic E-state index is -0.250. The van der Waals surface area contributed by atoms with Crippen molar-refractivity contribution in [1.29, 1.82) is 0 Å². The zero-order valence-corrected chi connectivity index (χ0v) is 17.4. The number of urea groups is 1. The molecule has 0 spiro atoms. The van der Waals surface area contributed by atoms with Crippen molar-refractivity contribution >= 4 is 29.0 Å². The van der Waals surface area contributed by atoms with E-state index in [2.05, 4.69) is 34.7 Å². The average Bonchev–Trinajstić information content (AvgIpc) is 3.18. The highest BCUT2D eigenvalue weighted by Gasteiger charge is 2.28. The zero-order valence-electron chi connectivity index (χ0n) is 16.6. The number of aryl methyl sites for hydroxylation is 1. The van der Waals surface area contributed by atoms with Gasteiger partial charge in [-0.1, -0.05) is 43.4 Å². The zero-order chi connectivity index (χ0) is 20.1. The van der Waals surface area contributed by atoms with E-state index in [4.69, 9.17) is 0 Å². The van der Waals surface area contributed by atoms with Crippen LogP contribution < -0.4 is 10.6 Å². The maximum absolute atomic E-state index is 12.5. The Labute approximate surface area is 169 Å². The summed E-state index contributed by atoms with van der Waals surface area (Å²) in [5.74, 6) is 0.290. The number of anilines is 1. The fourth-order valence-electron chi connectivity index (χ4n) is 3.15. The van der Waals surface area contributed by atoms with Crippen LogP contribution in [0.4, 0.5) is 10.5 Å². The summed E-state index contributed by atoms with van der Waals surface area (Å²) >= 11 is 1.31. The van der Waals surface area contributed by atoms with Gasteiger partial charge in [0.15, 0.2) is 0 Å². The molecule has 0 bridgehead atoms. The lowest BCUT2D eigenvalue weighted by molar-refractivity contribution is 0.102. The number of aromatic nitrogens is 2. The Bertz CT molecular complexity index is 836. The smallest absolute Gasteiger partial charge is 0.317 e. The van der Waals surface area contributed by atoms with Crippen LogP contribution in [0.25, 0.3) is 0 Å². The van der Waals surface area contributed by atoms with Gasteiger partial charge >= 0.3 is 6.03 Å². The van der Waals surface area contributed by atoms with Crippen LogP contribution in [-0.2, 0) is 0 Å².